The molecule has 1 aromatic carbocycles. The van der Waals surface area contributed by atoms with Crippen molar-refractivity contribution in [2.75, 3.05) is 20.6 Å². The van der Waals surface area contributed by atoms with E-state index in [1.54, 1.807) is 19.0 Å². The first kappa shape index (κ1) is 27.9. The number of nitrogens with two attached hydrogens (primary N) is 1. The summed E-state index contributed by atoms with van der Waals surface area (Å²) in [5, 5.41) is 45.4. The highest BCUT2D eigenvalue weighted by Gasteiger charge is 2.62. The van der Waals surface area contributed by atoms with Crippen LogP contribution in [-0.2, 0) is 22.6 Å². The number of benzene rings is 1. The fourth-order valence-electron chi connectivity index (χ4n) is 7.42. The van der Waals surface area contributed by atoms with Gasteiger partial charge >= 0.3 is 0 Å². The van der Waals surface area contributed by atoms with Crippen molar-refractivity contribution >= 4 is 17.4 Å². The van der Waals surface area contributed by atoms with Crippen molar-refractivity contribution in [3.63, 3.8) is 0 Å². The van der Waals surface area contributed by atoms with Crippen LogP contribution in [0.1, 0.15) is 55.7 Å². The zero-order chi connectivity index (χ0) is 29.8. The van der Waals surface area contributed by atoms with Crippen molar-refractivity contribution in [2.24, 2.45) is 23.5 Å². The normalized spacial score (nSPS) is 30.5. The fourth-order valence-corrected chi connectivity index (χ4v) is 7.42. The van der Waals surface area contributed by atoms with Crippen molar-refractivity contribution in [3.8, 4) is 5.75 Å². The van der Waals surface area contributed by atoms with Gasteiger partial charge in [-0.1, -0.05) is 6.58 Å². The highest BCUT2D eigenvalue weighted by molar-refractivity contribution is 6.13. The maximum atomic E-state index is 16.2. The highest BCUT2D eigenvalue weighted by atomic mass is 19.1. The largest absolute Gasteiger partial charge is 0.510 e. The number of aliphatic hydroxyl groups is 3. The second kappa shape index (κ2) is 9.14. The number of nitrogens with zero attached hydrogens (tertiary/aromatic N) is 2. The summed E-state index contributed by atoms with van der Waals surface area (Å²) in [6.07, 6.45) is 4.51. The standard InChI is InChI=1S/C31H38FN3O6/c1-14-21(29(33)40)27(38)25(34(3)4)19-10-16-9-18-23(26(37)22(16)28(39)31(14,19)41)20(36)11-17(24(18)32)13-35(12-15-5-6-15)30(2)7-8-30/h11,15-16,19,25,36-38,41H,1,5-10,12-13H2,2-4H3,(H2,33,40)/t16-,19-,25-,31-/m0/s1. The highest BCUT2D eigenvalue weighted by Crippen LogP contribution is 2.55. The summed E-state index contributed by atoms with van der Waals surface area (Å²) in [5.74, 6) is -4.82. The Hall–Kier alpha value is -3.21. The van der Waals surface area contributed by atoms with Gasteiger partial charge in [-0.25, -0.2) is 4.39 Å². The number of carbonyl (C=O) groups is 2. The van der Waals surface area contributed by atoms with Crippen LogP contribution in [0.2, 0.25) is 0 Å². The summed E-state index contributed by atoms with van der Waals surface area (Å²) in [4.78, 5) is 30.2. The number of aromatic hydroxyl groups is 1. The van der Waals surface area contributed by atoms with E-state index in [2.05, 4.69) is 18.4 Å². The monoisotopic (exact) mass is 567 g/mol. The van der Waals surface area contributed by atoms with Crippen LogP contribution in [0.5, 0.6) is 5.75 Å². The predicted octanol–water partition coefficient (Wildman–Crippen LogP) is 2.85. The Bertz CT molecular complexity index is 1460. The molecule has 5 aliphatic rings. The molecular formula is C31H38FN3O6. The van der Waals surface area contributed by atoms with Crippen molar-refractivity contribution in [2.45, 2.75) is 69.2 Å². The number of phenolic OH excluding ortho intramolecular Hbond substituents is 1. The fraction of sp³-hybridized carbons (Fsp3) is 0.548. The summed E-state index contributed by atoms with van der Waals surface area (Å²) in [5.41, 5.74) is 2.58. The number of fused-ring (bicyclic) bond motifs is 3. The molecule has 0 radical (unpaired) electrons. The van der Waals surface area contributed by atoms with E-state index in [-0.39, 0.29) is 46.4 Å². The van der Waals surface area contributed by atoms with E-state index in [9.17, 15) is 30.0 Å². The topological polar surface area (TPSA) is 148 Å². The van der Waals surface area contributed by atoms with E-state index >= 15 is 4.39 Å². The molecule has 3 saturated carbocycles. The molecule has 220 valence electrons. The van der Waals surface area contributed by atoms with Crippen LogP contribution in [0, 0.1) is 23.6 Å². The van der Waals surface area contributed by atoms with Crippen LogP contribution in [0.15, 0.2) is 35.1 Å². The van der Waals surface area contributed by atoms with E-state index in [1.165, 1.54) is 18.9 Å². The number of ketones is 1. The Morgan fingerprint density at radius 2 is 1.88 bits per heavy atom. The van der Waals surface area contributed by atoms with Gasteiger partial charge in [-0.15, -0.1) is 0 Å². The number of phenols is 1. The number of primary amides is 1. The molecule has 4 atom stereocenters. The molecule has 0 unspecified atom stereocenters. The van der Waals surface area contributed by atoms with Crippen LogP contribution in [-0.4, -0.2) is 79.7 Å². The second-order valence-electron chi connectivity index (χ2n) is 13.2. The quantitative estimate of drug-likeness (QED) is 0.338. The van der Waals surface area contributed by atoms with Gasteiger partial charge in [-0.05, 0) is 77.4 Å². The lowest BCUT2D eigenvalue weighted by atomic mass is 9.56. The SMILES string of the molecule is C=C1C(C(N)=O)=C(O)[C@@H](N(C)C)[C@@H]2C[C@@H]3Cc4c(F)c(CN(CC5CC5)C5(C)CC5)cc(O)c4C(O)=C3C(=O)[C@]12O. The van der Waals surface area contributed by atoms with Gasteiger partial charge < -0.3 is 26.2 Å². The van der Waals surface area contributed by atoms with Crippen molar-refractivity contribution < 1.29 is 34.4 Å². The third-order valence-corrected chi connectivity index (χ3v) is 10.2. The summed E-state index contributed by atoms with van der Waals surface area (Å²) in [6, 6.07) is 0.372. The first-order valence-electron chi connectivity index (χ1n) is 14.3. The second-order valence-corrected chi connectivity index (χ2v) is 13.2. The first-order chi connectivity index (χ1) is 19.2. The molecule has 9 nitrogen and oxygen atoms in total. The average Bonchev–Trinajstić information content (AvgIpc) is 3.82. The number of halogens is 1. The van der Waals surface area contributed by atoms with Crippen LogP contribution in [0.25, 0.3) is 5.76 Å². The van der Waals surface area contributed by atoms with E-state index in [0.29, 0.717) is 18.0 Å². The van der Waals surface area contributed by atoms with E-state index in [4.69, 9.17) is 5.73 Å². The molecule has 1 aromatic rings. The summed E-state index contributed by atoms with van der Waals surface area (Å²) >= 11 is 0. The van der Waals surface area contributed by atoms with Crippen LogP contribution < -0.4 is 5.73 Å². The molecule has 41 heavy (non-hydrogen) atoms. The number of amides is 1. The zero-order valence-electron chi connectivity index (χ0n) is 23.7. The lowest BCUT2D eigenvalue weighted by molar-refractivity contribution is -0.143. The summed E-state index contributed by atoms with van der Waals surface area (Å²) in [7, 11) is 3.27. The van der Waals surface area contributed by atoms with Gasteiger partial charge in [0.25, 0.3) is 5.91 Å². The molecule has 0 bridgehead atoms. The minimum absolute atomic E-state index is 0.0138. The summed E-state index contributed by atoms with van der Waals surface area (Å²) < 4.78 is 16.2. The van der Waals surface area contributed by atoms with E-state index in [1.807, 2.05) is 0 Å². The molecule has 6 rings (SSSR count). The van der Waals surface area contributed by atoms with Crippen molar-refractivity contribution in [3.05, 3.63) is 57.6 Å². The van der Waals surface area contributed by atoms with E-state index < -0.39 is 58.1 Å². The van der Waals surface area contributed by atoms with Gasteiger partial charge in [0.15, 0.2) is 11.4 Å². The Labute approximate surface area is 238 Å². The molecule has 5 aliphatic carbocycles. The first-order valence-corrected chi connectivity index (χ1v) is 14.3. The lowest BCUT2D eigenvalue weighted by Gasteiger charge is -2.52. The van der Waals surface area contributed by atoms with Crippen molar-refractivity contribution in [1.29, 1.82) is 0 Å². The predicted molar refractivity (Wildman–Crippen MR) is 149 cm³/mol. The zero-order valence-corrected chi connectivity index (χ0v) is 23.7. The Balaban J connectivity index is 1.43. The Morgan fingerprint density at radius 1 is 1.22 bits per heavy atom. The van der Waals surface area contributed by atoms with Crippen LogP contribution >= 0.6 is 0 Å². The van der Waals surface area contributed by atoms with E-state index in [0.717, 1.165) is 19.4 Å². The summed E-state index contributed by atoms with van der Waals surface area (Å²) in [6.45, 7) is 7.15. The molecule has 10 heteroatoms. The number of carbonyl (C=O) groups excluding carboxylic acids is 2. The molecule has 1 amide bonds. The minimum atomic E-state index is -2.35. The third kappa shape index (κ3) is 4.06. The minimum Gasteiger partial charge on any atom is -0.510 e. The molecule has 3 fully saturated rings. The van der Waals surface area contributed by atoms with Gasteiger partial charge in [0.2, 0.25) is 0 Å². The van der Waals surface area contributed by atoms with Gasteiger partial charge in [0.1, 0.15) is 23.1 Å². The number of hydrogen-bond donors (Lipinski definition) is 5. The van der Waals surface area contributed by atoms with Crippen molar-refractivity contribution in [1.82, 2.24) is 9.80 Å². The molecule has 0 aromatic heterocycles. The maximum absolute atomic E-state index is 16.2. The average molecular weight is 568 g/mol. The third-order valence-electron chi connectivity index (χ3n) is 10.2. The molecule has 6 N–H and O–H groups in total. The molecule has 0 saturated heterocycles. The number of hydrogen-bond acceptors (Lipinski definition) is 8. The number of Topliss-reactive ketones (excluding diaryl/α,β-unsaturated/α-hetero) is 1. The van der Waals surface area contributed by atoms with Crippen LogP contribution in [0.3, 0.4) is 0 Å². The Morgan fingerprint density at radius 3 is 2.44 bits per heavy atom. The van der Waals surface area contributed by atoms with Gasteiger partial charge in [-0.3, -0.25) is 19.4 Å². The molecule has 0 spiro atoms. The smallest absolute Gasteiger partial charge is 0.252 e. The van der Waals surface area contributed by atoms with Gasteiger partial charge in [0.05, 0.1) is 17.2 Å². The Kier molecular flexibility index (Phi) is 6.23. The van der Waals surface area contributed by atoms with Gasteiger partial charge in [0, 0.05) is 46.8 Å². The van der Waals surface area contributed by atoms with Gasteiger partial charge in [-0.2, -0.15) is 0 Å². The molecule has 0 aliphatic heterocycles. The lowest BCUT2D eigenvalue weighted by Crippen LogP contribution is -2.63. The maximum Gasteiger partial charge on any atom is 0.252 e. The molecular weight excluding hydrogens is 529 g/mol. The van der Waals surface area contributed by atoms with Crippen LogP contribution in [0.4, 0.5) is 4.39 Å². The molecule has 0 heterocycles. The number of rotatable bonds is 7. The number of likely N-dealkylation sites (N-methyl/N-ethyl adjacent to an activating group) is 1. The number of aliphatic hydroxyl groups excluding tert-OH is 2.